The van der Waals surface area contributed by atoms with Crippen molar-refractivity contribution < 1.29 is 29.3 Å². The first-order valence-electron chi connectivity index (χ1n) is 8.14. The van der Waals surface area contributed by atoms with Gasteiger partial charge < -0.3 is 20.3 Å². The highest BCUT2D eigenvalue weighted by molar-refractivity contribution is 7.10. The molecule has 2 aromatic carbocycles. The van der Waals surface area contributed by atoms with E-state index >= 15 is 0 Å². The quantitative estimate of drug-likeness (QED) is 0.553. The third kappa shape index (κ3) is 4.54. The predicted molar refractivity (Wildman–Crippen MR) is 104 cm³/mol. The Labute approximate surface area is 163 Å². The second kappa shape index (κ2) is 8.36. The summed E-state index contributed by atoms with van der Waals surface area (Å²) >= 11 is 1.48. The van der Waals surface area contributed by atoms with Crippen LogP contribution in [0.5, 0.6) is 11.5 Å². The Bertz CT molecular complexity index is 1030. The van der Waals surface area contributed by atoms with Crippen LogP contribution in [0.3, 0.4) is 0 Å². The largest absolute Gasteiger partial charge is 0.478 e. The van der Waals surface area contributed by atoms with Crippen LogP contribution in [0, 0.1) is 0 Å². The van der Waals surface area contributed by atoms with E-state index in [1.165, 1.54) is 23.5 Å². The number of carboxylic acid groups (broad SMARTS) is 2. The molecule has 3 aromatic rings. The SMILES string of the molecule is O=C(Cc1cccs1)Nc1ccccc1Oc1ccc(C(=O)O)c(C(=O)O)c1. The standard InChI is InChI=1S/C20H15NO6S/c22-18(11-13-4-3-9-28-13)21-16-5-1-2-6-17(16)27-12-7-8-14(19(23)24)15(10-12)20(25)26/h1-10H,11H2,(H,21,22)(H,23,24)(H,25,26). The number of rotatable bonds is 7. The van der Waals surface area contributed by atoms with Crippen LogP contribution >= 0.6 is 11.3 Å². The summed E-state index contributed by atoms with van der Waals surface area (Å²) in [7, 11) is 0. The lowest BCUT2D eigenvalue weighted by atomic mass is 10.1. The zero-order chi connectivity index (χ0) is 20.1. The first-order chi connectivity index (χ1) is 13.4. The Balaban J connectivity index is 1.81. The fourth-order valence-electron chi connectivity index (χ4n) is 2.50. The summed E-state index contributed by atoms with van der Waals surface area (Å²) in [6.07, 6.45) is 0.225. The molecule has 0 aliphatic rings. The van der Waals surface area contributed by atoms with E-state index in [1.54, 1.807) is 24.3 Å². The van der Waals surface area contributed by atoms with E-state index in [4.69, 9.17) is 9.84 Å². The summed E-state index contributed by atoms with van der Waals surface area (Å²) in [5.41, 5.74) is -0.301. The van der Waals surface area contributed by atoms with Crippen LogP contribution in [0.15, 0.2) is 60.0 Å². The Morgan fingerprint density at radius 2 is 1.68 bits per heavy atom. The number of thiophene rings is 1. The first kappa shape index (κ1) is 19.1. The zero-order valence-corrected chi connectivity index (χ0v) is 15.2. The average Bonchev–Trinajstić information content (AvgIpc) is 3.16. The molecule has 0 spiro atoms. The van der Waals surface area contributed by atoms with Gasteiger partial charge in [0, 0.05) is 4.88 Å². The number of benzene rings is 2. The summed E-state index contributed by atoms with van der Waals surface area (Å²) in [5.74, 6) is -2.49. The highest BCUT2D eigenvalue weighted by Gasteiger charge is 2.18. The van der Waals surface area contributed by atoms with Gasteiger partial charge in [-0.1, -0.05) is 18.2 Å². The molecule has 0 fully saturated rings. The van der Waals surface area contributed by atoms with Crippen LogP contribution in [-0.2, 0) is 11.2 Å². The number of anilines is 1. The van der Waals surface area contributed by atoms with Crippen LogP contribution in [0.4, 0.5) is 5.69 Å². The van der Waals surface area contributed by atoms with Gasteiger partial charge in [0.05, 0.1) is 23.2 Å². The van der Waals surface area contributed by atoms with E-state index in [1.807, 2.05) is 17.5 Å². The van der Waals surface area contributed by atoms with Crippen molar-refractivity contribution in [2.45, 2.75) is 6.42 Å². The van der Waals surface area contributed by atoms with Crippen LogP contribution < -0.4 is 10.1 Å². The molecule has 0 radical (unpaired) electrons. The number of hydrogen-bond donors (Lipinski definition) is 3. The van der Waals surface area contributed by atoms with Gasteiger partial charge in [0.2, 0.25) is 5.91 Å². The summed E-state index contributed by atoms with van der Waals surface area (Å²) in [5, 5.41) is 23.0. The molecule has 0 saturated carbocycles. The van der Waals surface area contributed by atoms with Crippen LogP contribution in [-0.4, -0.2) is 28.1 Å². The molecule has 7 nitrogen and oxygen atoms in total. The molecule has 0 bridgehead atoms. The third-order valence-corrected chi connectivity index (χ3v) is 4.63. The molecule has 28 heavy (non-hydrogen) atoms. The van der Waals surface area contributed by atoms with Gasteiger partial charge in [-0.3, -0.25) is 4.79 Å². The van der Waals surface area contributed by atoms with Crippen LogP contribution in [0.25, 0.3) is 0 Å². The summed E-state index contributed by atoms with van der Waals surface area (Å²) in [4.78, 5) is 35.6. The lowest BCUT2D eigenvalue weighted by molar-refractivity contribution is -0.115. The number of aromatic carboxylic acids is 2. The average molecular weight is 397 g/mol. The van der Waals surface area contributed by atoms with Crippen molar-refractivity contribution in [2.24, 2.45) is 0 Å². The molecule has 0 unspecified atom stereocenters. The zero-order valence-electron chi connectivity index (χ0n) is 14.4. The molecule has 0 saturated heterocycles. The number of para-hydroxylation sites is 2. The van der Waals surface area contributed by atoms with E-state index in [-0.39, 0.29) is 29.2 Å². The molecule has 1 heterocycles. The van der Waals surface area contributed by atoms with Gasteiger partial charge in [-0.15, -0.1) is 11.3 Å². The Kier molecular flexibility index (Phi) is 5.71. The number of carbonyl (C=O) groups is 3. The number of amides is 1. The van der Waals surface area contributed by atoms with Crippen molar-refractivity contribution in [1.29, 1.82) is 0 Å². The molecule has 142 valence electrons. The molecule has 0 aliphatic carbocycles. The van der Waals surface area contributed by atoms with Gasteiger partial charge in [-0.25, -0.2) is 9.59 Å². The molecule has 3 N–H and O–H groups in total. The van der Waals surface area contributed by atoms with Gasteiger partial charge in [0.25, 0.3) is 0 Å². The highest BCUT2D eigenvalue weighted by atomic mass is 32.1. The van der Waals surface area contributed by atoms with Gasteiger partial charge in [0.15, 0.2) is 5.75 Å². The monoisotopic (exact) mass is 397 g/mol. The minimum Gasteiger partial charge on any atom is -0.478 e. The first-order valence-corrected chi connectivity index (χ1v) is 9.02. The van der Waals surface area contributed by atoms with Gasteiger partial charge in [-0.05, 0) is 41.8 Å². The van der Waals surface area contributed by atoms with Crippen LogP contribution in [0.1, 0.15) is 25.6 Å². The van der Waals surface area contributed by atoms with Crippen molar-refractivity contribution in [3.63, 3.8) is 0 Å². The fourth-order valence-corrected chi connectivity index (χ4v) is 3.21. The van der Waals surface area contributed by atoms with Crippen molar-refractivity contribution in [1.82, 2.24) is 0 Å². The molecule has 0 aliphatic heterocycles. The number of hydrogen-bond acceptors (Lipinski definition) is 5. The van der Waals surface area contributed by atoms with E-state index in [2.05, 4.69) is 5.32 Å². The molecule has 1 aromatic heterocycles. The maximum absolute atomic E-state index is 12.2. The Morgan fingerprint density at radius 3 is 2.36 bits per heavy atom. The van der Waals surface area contributed by atoms with Gasteiger partial charge in [0.1, 0.15) is 5.75 Å². The van der Waals surface area contributed by atoms with Crippen molar-refractivity contribution in [3.05, 3.63) is 76.0 Å². The lowest BCUT2D eigenvalue weighted by Gasteiger charge is -2.13. The number of ether oxygens (including phenoxy) is 1. The van der Waals surface area contributed by atoms with E-state index < -0.39 is 11.9 Å². The second-order valence-electron chi connectivity index (χ2n) is 5.72. The van der Waals surface area contributed by atoms with Gasteiger partial charge >= 0.3 is 11.9 Å². The maximum Gasteiger partial charge on any atom is 0.336 e. The summed E-state index contributed by atoms with van der Waals surface area (Å²) in [6.45, 7) is 0. The Morgan fingerprint density at radius 1 is 0.929 bits per heavy atom. The van der Waals surface area contributed by atoms with E-state index in [9.17, 15) is 19.5 Å². The molecule has 3 rings (SSSR count). The van der Waals surface area contributed by atoms with Crippen molar-refractivity contribution in [2.75, 3.05) is 5.32 Å². The molecule has 0 atom stereocenters. The minimum absolute atomic E-state index is 0.141. The normalized spacial score (nSPS) is 10.3. The third-order valence-electron chi connectivity index (χ3n) is 3.76. The second-order valence-corrected chi connectivity index (χ2v) is 6.75. The number of carbonyl (C=O) groups excluding carboxylic acids is 1. The Hall–Kier alpha value is -3.65. The predicted octanol–water partition coefficient (Wildman–Crippen LogP) is 4.12. The van der Waals surface area contributed by atoms with E-state index in [0.717, 1.165) is 10.9 Å². The summed E-state index contributed by atoms with van der Waals surface area (Å²) in [6, 6.07) is 14.1. The fraction of sp³-hybridized carbons (Fsp3) is 0.0500. The van der Waals surface area contributed by atoms with E-state index in [0.29, 0.717) is 11.4 Å². The molecule has 1 amide bonds. The highest BCUT2D eigenvalue weighted by Crippen LogP contribution is 2.30. The smallest absolute Gasteiger partial charge is 0.336 e. The topological polar surface area (TPSA) is 113 Å². The lowest BCUT2D eigenvalue weighted by Crippen LogP contribution is -2.14. The van der Waals surface area contributed by atoms with Crippen molar-refractivity contribution >= 4 is 34.9 Å². The molecular weight excluding hydrogens is 382 g/mol. The summed E-state index contributed by atoms with van der Waals surface area (Å²) < 4.78 is 5.70. The molecule has 8 heteroatoms. The molecular formula is C20H15NO6S. The van der Waals surface area contributed by atoms with Crippen molar-refractivity contribution in [3.8, 4) is 11.5 Å². The maximum atomic E-state index is 12.2. The van der Waals surface area contributed by atoms with Crippen LogP contribution in [0.2, 0.25) is 0 Å². The number of carboxylic acids is 2. The number of nitrogens with one attached hydrogen (secondary N) is 1. The minimum atomic E-state index is -1.37. The van der Waals surface area contributed by atoms with Gasteiger partial charge in [-0.2, -0.15) is 0 Å².